The molecule has 8 heteroatoms. The van der Waals surface area contributed by atoms with Crippen molar-refractivity contribution in [1.29, 1.82) is 0 Å². The predicted molar refractivity (Wildman–Crippen MR) is 125 cm³/mol. The molecule has 3 N–H and O–H groups in total. The number of carbonyl (C=O) groups is 2. The first-order chi connectivity index (χ1) is 14.5. The van der Waals surface area contributed by atoms with Crippen LogP contribution in [0.1, 0.15) is 20.7 Å². The van der Waals surface area contributed by atoms with Crippen LogP contribution >= 0.6 is 28.1 Å². The summed E-state index contributed by atoms with van der Waals surface area (Å²) >= 11 is 8.61. The summed E-state index contributed by atoms with van der Waals surface area (Å²) in [6, 6.07) is 21.0. The van der Waals surface area contributed by atoms with Crippen molar-refractivity contribution in [3.8, 4) is 5.75 Å². The number of carbonyl (C=O) groups excluding carboxylic acids is 2. The van der Waals surface area contributed by atoms with Crippen LogP contribution in [-0.4, -0.2) is 24.0 Å². The Balaban J connectivity index is 1.69. The van der Waals surface area contributed by atoms with Gasteiger partial charge in [0.25, 0.3) is 11.8 Å². The summed E-state index contributed by atoms with van der Waals surface area (Å²) in [7, 11) is 1.55. The number of rotatable bonds is 5. The molecule has 30 heavy (non-hydrogen) atoms. The minimum Gasteiger partial charge on any atom is -0.496 e. The van der Waals surface area contributed by atoms with Crippen LogP contribution in [0.3, 0.4) is 0 Å². The number of halogens is 1. The molecule has 0 saturated heterocycles. The molecule has 0 aliphatic carbocycles. The number of hydrogen-bond acceptors (Lipinski definition) is 4. The summed E-state index contributed by atoms with van der Waals surface area (Å²) in [4.78, 5) is 25.1. The van der Waals surface area contributed by atoms with Gasteiger partial charge in [0.15, 0.2) is 5.11 Å². The summed E-state index contributed by atoms with van der Waals surface area (Å²) in [5.74, 6) is -0.0646. The second-order valence-electron chi connectivity index (χ2n) is 6.12. The molecule has 0 spiro atoms. The standard InChI is InChI=1S/C22H18BrN3O3S/c1-29-19-12-11-14(13-17(19)23)20(27)26-22(30)25-18-10-6-5-9-16(18)21(28)24-15-7-3-2-4-8-15/h2-13H,1H3,(H,24,28)(H2,25,26,27,30). The molecule has 6 nitrogen and oxygen atoms in total. The zero-order valence-electron chi connectivity index (χ0n) is 15.9. The van der Waals surface area contributed by atoms with Gasteiger partial charge >= 0.3 is 0 Å². The molecule has 0 atom stereocenters. The van der Waals surface area contributed by atoms with Gasteiger partial charge in [0.2, 0.25) is 0 Å². The zero-order chi connectivity index (χ0) is 21.5. The van der Waals surface area contributed by atoms with Gasteiger partial charge in [0, 0.05) is 11.3 Å². The lowest BCUT2D eigenvalue weighted by atomic mass is 10.1. The molecule has 0 aliphatic rings. The van der Waals surface area contributed by atoms with Gasteiger partial charge < -0.3 is 15.4 Å². The number of benzene rings is 3. The van der Waals surface area contributed by atoms with E-state index in [1.165, 1.54) is 0 Å². The lowest BCUT2D eigenvalue weighted by Crippen LogP contribution is -2.34. The number of thiocarbonyl (C=S) groups is 1. The van der Waals surface area contributed by atoms with Gasteiger partial charge in [-0.1, -0.05) is 30.3 Å². The van der Waals surface area contributed by atoms with E-state index in [-0.39, 0.29) is 16.9 Å². The number of amides is 2. The highest BCUT2D eigenvalue weighted by molar-refractivity contribution is 9.10. The van der Waals surface area contributed by atoms with E-state index in [0.29, 0.717) is 32.7 Å². The zero-order valence-corrected chi connectivity index (χ0v) is 18.3. The minimum absolute atomic E-state index is 0.0758. The van der Waals surface area contributed by atoms with E-state index >= 15 is 0 Å². The fourth-order valence-electron chi connectivity index (χ4n) is 2.65. The number of ether oxygens (including phenoxy) is 1. The van der Waals surface area contributed by atoms with E-state index in [2.05, 4.69) is 31.9 Å². The molecule has 0 radical (unpaired) electrons. The normalized spacial score (nSPS) is 10.1. The number of nitrogens with one attached hydrogen (secondary N) is 3. The Bertz CT molecular complexity index is 1090. The van der Waals surface area contributed by atoms with Crippen LogP contribution in [0.4, 0.5) is 11.4 Å². The SMILES string of the molecule is COc1ccc(C(=O)NC(=S)Nc2ccccc2C(=O)Nc2ccccc2)cc1Br. The molecule has 152 valence electrons. The average Bonchev–Trinajstić information content (AvgIpc) is 2.74. The first-order valence-corrected chi connectivity index (χ1v) is 10.1. The van der Waals surface area contributed by atoms with Crippen molar-refractivity contribution in [1.82, 2.24) is 5.32 Å². The third-order valence-corrected chi connectivity index (χ3v) is 4.92. The summed E-state index contributed by atoms with van der Waals surface area (Å²) in [6.07, 6.45) is 0. The van der Waals surface area contributed by atoms with Crippen molar-refractivity contribution in [3.05, 3.63) is 88.4 Å². The molecule has 0 fully saturated rings. The van der Waals surface area contributed by atoms with Crippen LogP contribution in [0.2, 0.25) is 0 Å². The Labute approximate surface area is 187 Å². The number of hydrogen-bond donors (Lipinski definition) is 3. The van der Waals surface area contributed by atoms with E-state index in [9.17, 15) is 9.59 Å². The quantitative estimate of drug-likeness (QED) is 0.452. The Kier molecular flexibility index (Phi) is 7.16. The lowest BCUT2D eigenvalue weighted by Gasteiger charge is -2.14. The van der Waals surface area contributed by atoms with Gasteiger partial charge in [-0.2, -0.15) is 0 Å². The fraction of sp³-hybridized carbons (Fsp3) is 0.0455. The molecular weight excluding hydrogens is 466 g/mol. The highest BCUT2D eigenvalue weighted by Gasteiger charge is 2.14. The van der Waals surface area contributed by atoms with Crippen LogP contribution in [0.15, 0.2) is 77.3 Å². The first-order valence-electron chi connectivity index (χ1n) is 8.89. The molecule has 3 aromatic rings. The van der Waals surface area contributed by atoms with Crippen LogP contribution < -0.4 is 20.7 Å². The predicted octanol–water partition coefficient (Wildman–Crippen LogP) is 4.84. The summed E-state index contributed by atoms with van der Waals surface area (Å²) in [6.45, 7) is 0. The fourth-order valence-corrected chi connectivity index (χ4v) is 3.39. The molecule has 0 aromatic heterocycles. The molecule has 0 aliphatic heterocycles. The lowest BCUT2D eigenvalue weighted by molar-refractivity contribution is 0.0976. The molecule has 0 heterocycles. The average molecular weight is 484 g/mol. The van der Waals surface area contributed by atoms with Crippen LogP contribution in [0.25, 0.3) is 0 Å². The van der Waals surface area contributed by atoms with Gasteiger partial charge in [0.05, 0.1) is 22.8 Å². The third-order valence-electron chi connectivity index (χ3n) is 4.09. The van der Waals surface area contributed by atoms with E-state index < -0.39 is 0 Å². The van der Waals surface area contributed by atoms with Gasteiger partial charge in [-0.25, -0.2) is 0 Å². The Hall–Kier alpha value is -3.23. The summed E-state index contributed by atoms with van der Waals surface area (Å²) < 4.78 is 5.82. The number of methoxy groups -OCH3 is 1. The largest absolute Gasteiger partial charge is 0.496 e. The second kappa shape index (κ2) is 10.00. The van der Waals surface area contributed by atoms with Crippen molar-refractivity contribution in [2.75, 3.05) is 17.7 Å². The Morgan fingerprint density at radius 2 is 1.60 bits per heavy atom. The van der Waals surface area contributed by atoms with Crippen LogP contribution in [-0.2, 0) is 0 Å². The van der Waals surface area contributed by atoms with Gasteiger partial charge in [-0.15, -0.1) is 0 Å². The van der Waals surface area contributed by atoms with Crippen molar-refractivity contribution < 1.29 is 14.3 Å². The topological polar surface area (TPSA) is 79.5 Å². The molecule has 2 amide bonds. The van der Waals surface area contributed by atoms with E-state index in [4.69, 9.17) is 17.0 Å². The molecule has 3 rings (SSSR count). The first kappa shape index (κ1) is 21.5. The van der Waals surface area contributed by atoms with Crippen molar-refractivity contribution in [3.63, 3.8) is 0 Å². The highest BCUT2D eigenvalue weighted by atomic mass is 79.9. The maximum atomic E-state index is 12.7. The number of para-hydroxylation sites is 2. The summed E-state index contributed by atoms with van der Waals surface area (Å²) in [5, 5.41) is 8.44. The smallest absolute Gasteiger partial charge is 0.257 e. The van der Waals surface area contributed by atoms with Crippen molar-refractivity contribution >= 4 is 56.4 Å². The second-order valence-corrected chi connectivity index (χ2v) is 7.39. The van der Waals surface area contributed by atoms with Crippen LogP contribution in [0, 0.1) is 0 Å². The Morgan fingerprint density at radius 3 is 2.30 bits per heavy atom. The van der Waals surface area contributed by atoms with E-state index in [0.717, 1.165) is 0 Å². The van der Waals surface area contributed by atoms with E-state index in [1.807, 2.05) is 18.2 Å². The van der Waals surface area contributed by atoms with Gasteiger partial charge in [0.1, 0.15) is 5.75 Å². The van der Waals surface area contributed by atoms with E-state index in [1.54, 1.807) is 61.7 Å². The molecule has 0 bridgehead atoms. The monoisotopic (exact) mass is 483 g/mol. The molecule has 3 aromatic carbocycles. The van der Waals surface area contributed by atoms with Gasteiger partial charge in [-0.05, 0) is 70.6 Å². The minimum atomic E-state index is -0.387. The third kappa shape index (κ3) is 5.43. The highest BCUT2D eigenvalue weighted by Crippen LogP contribution is 2.25. The van der Waals surface area contributed by atoms with Crippen molar-refractivity contribution in [2.24, 2.45) is 0 Å². The van der Waals surface area contributed by atoms with Crippen molar-refractivity contribution in [2.45, 2.75) is 0 Å². The van der Waals surface area contributed by atoms with Gasteiger partial charge in [-0.3, -0.25) is 14.9 Å². The molecule has 0 unspecified atom stereocenters. The van der Waals surface area contributed by atoms with Crippen LogP contribution in [0.5, 0.6) is 5.75 Å². The maximum Gasteiger partial charge on any atom is 0.257 e. The molecular formula is C22H18BrN3O3S. The number of anilines is 2. The summed E-state index contributed by atoms with van der Waals surface area (Å²) in [5.41, 5.74) is 1.96. The molecule has 0 saturated carbocycles. The maximum absolute atomic E-state index is 12.7. The Morgan fingerprint density at radius 1 is 0.900 bits per heavy atom.